The highest BCUT2D eigenvalue weighted by molar-refractivity contribution is 7.80. The van der Waals surface area contributed by atoms with Gasteiger partial charge in [-0.25, -0.2) is 4.79 Å². The van der Waals surface area contributed by atoms with Gasteiger partial charge in [-0.3, -0.25) is 9.78 Å². The Kier molecular flexibility index (Phi) is 7.16. The van der Waals surface area contributed by atoms with Gasteiger partial charge in [-0.05, 0) is 72.9 Å². The van der Waals surface area contributed by atoms with Crippen LogP contribution in [0.1, 0.15) is 33.9 Å². The molecule has 0 radical (unpaired) electrons. The zero-order valence-electron chi connectivity index (χ0n) is 20.3. The highest BCUT2D eigenvalue weighted by Gasteiger charge is 2.42. The van der Waals surface area contributed by atoms with Crippen LogP contribution in [-0.4, -0.2) is 40.8 Å². The third kappa shape index (κ3) is 5.13. The summed E-state index contributed by atoms with van der Waals surface area (Å²) < 4.78 is 11.2. The number of anilines is 2. The summed E-state index contributed by atoms with van der Waals surface area (Å²) in [5.41, 5.74) is 3.04. The fourth-order valence-corrected chi connectivity index (χ4v) is 4.77. The third-order valence-electron chi connectivity index (χ3n) is 6.12. The third-order valence-corrected chi connectivity index (χ3v) is 6.43. The van der Waals surface area contributed by atoms with E-state index in [0.717, 1.165) is 11.4 Å². The minimum absolute atomic E-state index is 0.0358. The largest absolute Gasteiger partial charge is 0.478 e. The number of carbonyl (C=O) groups excluding carboxylic acids is 1. The van der Waals surface area contributed by atoms with Crippen LogP contribution < -0.4 is 15.5 Å². The second-order valence-electron chi connectivity index (χ2n) is 8.61. The topological polar surface area (TPSA) is 117 Å². The van der Waals surface area contributed by atoms with Crippen LogP contribution in [-0.2, 0) is 9.53 Å². The van der Waals surface area contributed by atoms with Crippen LogP contribution in [0, 0.1) is 0 Å². The number of aromatic nitrogens is 1. The Balaban J connectivity index is 1.51. The number of methoxy groups -OCH3 is 1. The number of benzene rings is 2. The number of ether oxygens (including phenoxy) is 1. The van der Waals surface area contributed by atoms with E-state index < -0.39 is 5.97 Å². The minimum atomic E-state index is -1.01. The molecule has 0 spiro atoms. The lowest BCUT2D eigenvalue weighted by Crippen LogP contribution is -2.29. The van der Waals surface area contributed by atoms with E-state index >= 15 is 0 Å². The summed E-state index contributed by atoms with van der Waals surface area (Å²) in [6, 6.07) is 22.6. The number of pyridine rings is 1. The molecule has 0 aliphatic carbocycles. The average Bonchev–Trinajstić information content (AvgIpc) is 3.54. The van der Waals surface area contributed by atoms with Crippen LogP contribution in [0.2, 0.25) is 0 Å². The van der Waals surface area contributed by atoms with E-state index in [1.165, 1.54) is 13.2 Å². The molecule has 2 atom stereocenters. The SMILES string of the molecule is COCC(=O)Nc1ccc(N2C(=S)N[C@@H](c3ccccn3)[C@H]2c2ccc(-c3cccc(C(=O)O)c3)o2)cc1. The van der Waals surface area contributed by atoms with Crippen molar-refractivity contribution in [2.75, 3.05) is 23.9 Å². The van der Waals surface area contributed by atoms with Crippen LogP contribution >= 0.6 is 12.2 Å². The lowest BCUT2D eigenvalue weighted by Gasteiger charge is -2.26. The number of thiocarbonyl (C=S) groups is 1. The van der Waals surface area contributed by atoms with Gasteiger partial charge in [0.15, 0.2) is 5.11 Å². The fraction of sp³-hybridized carbons (Fsp3) is 0.143. The predicted octanol–water partition coefficient (Wildman–Crippen LogP) is 4.80. The van der Waals surface area contributed by atoms with Gasteiger partial charge in [0.05, 0.1) is 17.3 Å². The quantitative estimate of drug-likeness (QED) is 0.277. The summed E-state index contributed by atoms with van der Waals surface area (Å²) in [6.07, 6.45) is 1.72. The second-order valence-corrected chi connectivity index (χ2v) is 9.00. The Morgan fingerprint density at radius 3 is 2.63 bits per heavy atom. The van der Waals surface area contributed by atoms with Crippen molar-refractivity contribution in [1.82, 2.24) is 10.3 Å². The number of hydrogen-bond acceptors (Lipinski definition) is 6. The molecule has 5 rings (SSSR count). The number of carbonyl (C=O) groups is 2. The van der Waals surface area contributed by atoms with Crippen LogP contribution in [0.15, 0.2) is 89.5 Å². The van der Waals surface area contributed by atoms with Gasteiger partial charge in [0, 0.05) is 30.2 Å². The van der Waals surface area contributed by atoms with E-state index in [2.05, 4.69) is 15.6 Å². The van der Waals surface area contributed by atoms with Crippen LogP contribution in [0.4, 0.5) is 11.4 Å². The van der Waals surface area contributed by atoms with Crippen molar-refractivity contribution < 1.29 is 23.8 Å². The first kappa shape index (κ1) is 25.1. The normalized spacial score (nSPS) is 16.8. The van der Waals surface area contributed by atoms with Gasteiger partial charge in [-0.1, -0.05) is 18.2 Å². The molecule has 3 heterocycles. The maximum Gasteiger partial charge on any atom is 0.335 e. The van der Waals surface area contributed by atoms with Crippen molar-refractivity contribution in [3.05, 3.63) is 102 Å². The van der Waals surface area contributed by atoms with Gasteiger partial charge in [-0.2, -0.15) is 0 Å². The first-order valence-corrected chi connectivity index (χ1v) is 12.2. The molecule has 0 bridgehead atoms. The lowest BCUT2D eigenvalue weighted by atomic mass is 10.0. The Bertz CT molecular complexity index is 1470. The number of rotatable bonds is 8. The van der Waals surface area contributed by atoms with Crippen molar-refractivity contribution in [1.29, 1.82) is 0 Å². The molecule has 10 heteroatoms. The standard InChI is InChI=1S/C28H24N4O5S/c1-36-16-24(33)30-19-8-10-20(11-9-19)32-26(25(31-28(32)38)21-7-2-3-14-29-21)23-13-12-22(37-23)17-5-4-6-18(15-17)27(34)35/h2-15,25-26H,16H2,1H3,(H,30,33)(H,31,38)(H,34,35)/t25-,26+/m0/s1. The molecule has 0 saturated carbocycles. The monoisotopic (exact) mass is 528 g/mol. The van der Waals surface area contributed by atoms with Gasteiger partial charge in [-0.15, -0.1) is 0 Å². The highest BCUT2D eigenvalue weighted by atomic mass is 32.1. The summed E-state index contributed by atoms with van der Waals surface area (Å²) in [5, 5.41) is 16.0. The molecule has 0 unspecified atom stereocenters. The van der Waals surface area contributed by atoms with Gasteiger partial charge in [0.1, 0.15) is 24.2 Å². The molecule has 9 nitrogen and oxygen atoms in total. The molecule has 1 saturated heterocycles. The summed E-state index contributed by atoms with van der Waals surface area (Å²) >= 11 is 5.75. The molecule has 38 heavy (non-hydrogen) atoms. The van der Waals surface area contributed by atoms with E-state index in [9.17, 15) is 14.7 Å². The van der Waals surface area contributed by atoms with Crippen LogP contribution in [0.3, 0.4) is 0 Å². The Hall–Kier alpha value is -4.54. The van der Waals surface area contributed by atoms with Crippen LogP contribution in [0.5, 0.6) is 0 Å². The highest BCUT2D eigenvalue weighted by Crippen LogP contribution is 2.43. The fourth-order valence-electron chi connectivity index (χ4n) is 4.43. The lowest BCUT2D eigenvalue weighted by molar-refractivity contribution is -0.119. The Morgan fingerprint density at radius 1 is 1.11 bits per heavy atom. The van der Waals surface area contributed by atoms with Crippen molar-refractivity contribution >= 4 is 40.6 Å². The first-order valence-electron chi connectivity index (χ1n) is 11.8. The molecule has 1 fully saturated rings. The van der Waals surface area contributed by atoms with Crippen LogP contribution in [0.25, 0.3) is 11.3 Å². The van der Waals surface area contributed by atoms with E-state index in [0.29, 0.717) is 27.9 Å². The first-order chi connectivity index (χ1) is 18.4. The summed E-state index contributed by atoms with van der Waals surface area (Å²) in [4.78, 5) is 29.8. The second kappa shape index (κ2) is 10.8. The van der Waals surface area contributed by atoms with Crippen molar-refractivity contribution in [3.63, 3.8) is 0 Å². The molecule has 1 amide bonds. The molecular weight excluding hydrogens is 504 g/mol. The zero-order chi connectivity index (χ0) is 26.6. The maximum atomic E-state index is 11.9. The van der Waals surface area contributed by atoms with Gasteiger partial charge >= 0.3 is 5.97 Å². The molecule has 192 valence electrons. The van der Waals surface area contributed by atoms with E-state index in [-0.39, 0.29) is 30.2 Å². The van der Waals surface area contributed by atoms with Crippen molar-refractivity contribution in [2.24, 2.45) is 0 Å². The number of carboxylic acids is 1. The Morgan fingerprint density at radius 2 is 1.92 bits per heavy atom. The zero-order valence-corrected chi connectivity index (χ0v) is 21.1. The molecule has 1 aliphatic rings. The smallest absolute Gasteiger partial charge is 0.335 e. The van der Waals surface area contributed by atoms with Crippen molar-refractivity contribution in [2.45, 2.75) is 12.1 Å². The number of aromatic carboxylic acids is 1. The summed E-state index contributed by atoms with van der Waals surface area (Å²) in [6.45, 7) is -0.0358. The number of hydrogen-bond donors (Lipinski definition) is 3. The maximum absolute atomic E-state index is 11.9. The predicted molar refractivity (Wildman–Crippen MR) is 146 cm³/mol. The average molecular weight is 529 g/mol. The van der Waals surface area contributed by atoms with Crippen molar-refractivity contribution in [3.8, 4) is 11.3 Å². The van der Waals surface area contributed by atoms with Gasteiger partial charge in [0.2, 0.25) is 5.91 Å². The molecule has 3 N–H and O–H groups in total. The number of nitrogens with zero attached hydrogens (tertiary/aromatic N) is 2. The Labute approximate surface area is 224 Å². The number of carboxylic acid groups (broad SMARTS) is 1. The molecule has 2 aromatic carbocycles. The van der Waals surface area contributed by atoms with E-state index in [1.54, 1.807) is 36.5 Å². The van der Waals surface area contributed by atoms with Gasteiger partial charge < -0.3 is 29.8 Å². The van der Waals surface area contributed by atoms with Gasteiger partial charge in [0.25, 0.3) is 0 Å². The number of nitrogens with one attached hydrogen (secondary N) is 2. The van der Waals surface area contributed by atoms with E-state index in [1.807, 2.05) is 47.4 Å². The van der Waals surface area contributed by atoms with E-state index in [4.69, 9.17) is 21.4 Å². The molecule has 1 aliphatic heterocycles. The summed E-state index contributed by atoms with van der Waals surface area (Å²) in [7, 11) is 1.46. The number of amides is 1. The summed E-state index contributed by atoms with van der Waals surface area (Å²) in [5.74, 6) is -0.0907. The number of furan rings is 1. The molecular formula is C28H24N4O5S. The minimum Gasteiger partial charge on any atom is -0.478 e. The molecule has 2 aromatic heterocycles. The molecule has 4 aromatic rings.